The summed E-state index contributed by atoms with van der Waals surface area (Å²) in [7, 11) is -0.513. The highest BCUT2D eigenvalue weighted by Gasteiger charge is 2.24. The van der Waals surface area contributed by atoms with Crippen LogP contribution in [-0.2, 0) is 13.6 Å². The van der Waals surface area contributed by atoms with Crippen molar-refractivity contribution in [3.05, 3.63) is 0 Å². The van der Waals surface area contributed by atoms with E-state index >= 15 is 0 Å². The lowest BCUT2D eigenvalue weighted by molar-refractivity contribution is 0.277. The minimum absolute atomic E-state index is 0.775. The highest BCUT2D eigenvalue weighted by Crippen LogP contribution is 2.51. The molecule has 4 nitrogen and oxygen atoms in total. The number of hydrogen-bond acceptors (Lipinski definition) is 5. The van der Waals surface area contributed by atoms with Crippen molar-refractivity contribution in [2.45, 2.75) is 0 Å². The van der Waals surface area contributed by atoms with Crippen molar-refractivity contribution in [1.29, 1.82) is 0 Å². The molecule has 0 aromatic rings. The summed E-state index contributed by atoms with van der Waals surface area (Å²) in [6.45, 7) is 0. The Labute approximate surface area is 73.7 Å². The lowest BCUT2D eigenvalue weighted by Gasteiger charge is -2.15. The van der Waals surface area contributed by atoms with E-state index in [9.17, 15) is 4.57 Å². The second-order valence-electron chi connectivity index (χ2n) is 1.61. The molecule has 1 heterocycles. The first kappa shape index (κ1) is 9.61. The van der Waals surface area contributed by atoms with E-state index in [1.54, 1.807) is 23.5 Å². The van der Waals surface area contributed by atoms with Gasteiger partial charge in [-0.15, -0.1) is 0 Å². The molecule has 1 fully saturated rings. The van der Waals surface area contributed by atoms with E-state index < -0.39 is 7.75 Å². The molecular weight excluding hydrogens is 205 g/mol. The largest absolute Gasteiger partial charge is 0.454 e. The van der Waals surface area contributed by atoms with Gasteiger partial charge in [0.2, 0.25) is 0 Å². The van der Waals surface area contributed by atoms with Gasteiger partial charge in [-0.05, 0) is 0 Å². The first-order valence-electron chi connectivity index (χ1n) is 2.77. The molecule has 0 aromatic heterocycles. The predicted octanol–water partition coefficient (Wildman–Crippen LogP) is 2.18. The first-order chi connectivity index (χ1) is 5.20. The van der Waals surface area contributed by atoms with Gasteiger partial charge in [0.25, 0.3) is 0 Å². The molecule has 1 rings (SSSR count). The van der Waals surface area contributed by atoms with Gasteiger partial charge in [0.15, 0.2) is 0 Å². The van der Waals surface area contributed by atoms with E-state index in [4.69, 9.17) is 0 Å². The summed E-state index contributed by atoms with van der Waals surface area (Å²) >= 11 is 3.09. The molecule has 0 radical (unpaired) electrons. The Balaban J connectivity index is 2.62. The third-order valence-electron chi connectivity index (χ3n) is 1.03. The molecule has 7 heteroatoms. The van der Waals surface area contributed by atoms with Crippen LogP contribution in [0.3, 0.4) is 0 Å². The summed E-state index contributed by atoms with van der Waals surface area (Å²) in [4.78, 5) is 0. The smallest absolute Gasteiger partial charge is 0.294 e. The molecule has 0 aliphatic carbocycles. The molecule has 0 bridgehead atoms. The molecule has 0 aromatic carbocycles. The molecule has 0 spiro atoms. The quantitative estimate of drug-likeness (QED) is 0.672. The van der Waals surface area contributed by atoms with Gasteiger partial charge in [0.05, 0.1) is 5.08 Å². The minimum atomic E-state index is -3.16. The zero-order valence-corrected chi connectivity index (χ0v) is 8.67. The van der Waals surface area contributed by atoms with Crippen molar-refractivity contribution in [3.8, 4) is 0 Å². The Bertz CT molecular complexity index is 205. The average molecular weight is 213 g/mol. The van der Waals surface area contributed by atoms with Crippen molar-refractivity contribution >= 4 is 35.6 Å². The number of hydrogen-bond donors (Lipinski definition) is 0. The number of rotatable bonds is 3. The van der Waals surface area contributed by atoms with Gasteiger partial charge in [-0.1, -0.05) is 23.5 Å². The van der Waals surface area contributed by atoms with Crippen LogP contribution >= 0.6 is 31.3 Å². The maximum atomic E-state index is 11.3. The lowest BCUT2D eigenvalue weighted by atomic mass is 11.7. The SMILES string of the molecule is COP(=O)(N=C1SCS1)OC. The first-order valence-corrected chi connectivity index (χ1v) is 6.24. The van der Waals surface area contributed by atoms with E-state index in [2.05, 4.69) is 13.8 Å². The number of thioether (sulfide) groups is 2. The monoisotopic (exact) mass is 213 g/mol. The molecule has 11 heavy (non-hydrogen) atoms. The zero-order chi connectivity index (χ0) is 8.32. The van der Waals surface area contributed by atoms with Gasteiger partial charge >= 0.3 is 7.75 Å². The third kappa shape index (κ3) is 2.49. The maximum absolute atomic E-state index is 11.3. The molecule has 64 valence electrons. The molecule has 1 saturated heterocycles. The molecule has 0 saturated carbocycles. The van der Waals surface area contributed by atoms with Crippen LogP contribution in [0.15, 0.2) is 4.76 Å². The molecule has 1 aliphatic heterocycles. The summed E-state index contributed by atoms with van der Waals surface area (Å²) in [6, 6.07) is 0. The van der Waals surface area contributed by atoms with Crippen LogP contribution in [0.2, 0.25) is 0 Å². The van der Waals surface area contributed by atoms with Crippen molar-refractivity contribution in [3.63, 3.8) is 0 Å². The Hall–Kier alpha value is 0.520. The predicted molar refractivity (Wildman–Crippen MR) is 49.1 cm³/mol. The van der Waals surface area contributed by atoms with Crippen LogP contribution in [0, 0.1) is 0 Å². The van der Waals surface area contributed by atoms with E-state index in [1.165, 1.54) is 14.2 Å². The maximum Gasteiger partial charge on any atom is 0.454 e. The van der Waals surface area contributed by atoms with E-state index in [1.807, 2.05) is 0 Å². The number of nitrogens with zero attached hydrogens (tertiary/aromatic N) is 1. The summed E-state index contributed by atoms with van der Waals surface area (Å²) in [5, 5.41) is 0.965. The average Bonchev–Trinajstić information content (AvgIpc) is 1.97. The summed E-state index contributed by atoms with van der Waals surface area (Å²) in [6.07, 6.45) is 0. The minimum Gasteiger partial charge on any atom is -0.294 e. The van der Waals surface area contributed by atoms with Gasteiger partial charge in [0, 0.05) is 14.2 Å². The molecule has 1 aliphatic rings. The third-order valence-corrected chi connectivity index (χ3v) is 5.00. The topological polar surface area (TPSA) is 47.9 Å². The van der Waals surface area contributed by atoms with Crippen LogP contribution in [0.25, 0.3) is 0 Å². The van der Waals surface area contributed by atoms with Crippen molar-refractivity contribution in [2.24, 2.45) is 4.76 Å². The van der Waals surface area contributed by atoms with Crippen LogP contribution < -0.4 is 0 Å². The Morgan fingerprint density at radius 3 is 2.27 bits per heavy atom. The van der Waals surface area contributed by atoms with Gasteiger partial charge in [-0.25, -0.2) is 4.57 Å². The van der Waals surface area contributed by atoms with Crippen LogP contribution in [0.4, 0.5) is 0 Å². The molecule has 0 unspecified atom stereocenters. The second-order valence-corrected chi connectivity index (χ2v) is 6.03. The van der Waals surface area contributed by atoms with Crippen molar-refractivity contribution in [2.75, 3.05) is 19.3 Å². The fraction of sp³-hybridized carbons (Fsp3) is 0.750. The molecule has 0 atom stereocenters. The van der Waals surface area contributed by atoms with E-state index in [0.29, 0.717) is 0 Å². The molecule has 0 amide bonds. The summed E-state index contributed by atoms with van der Waals surface area (Å²) in [5.41, 5.74) is 0. The van der Waals surface area contributed by atoms with Gasteiger partial charge in [-0.3, -0.25) is 9.05 Å². The molecular formula is C4H8NO3PS2. The summed E-state index contributed by atoms with van der Waals surface area (Å²) < 4.78 is 25.1. The van der Waals surface area contributed by atoms with Crippen molar-refractivity contribution < 1.29 is 13.6 Å². The standard InChI is InChI=1S/C4H8NO3PS2/c1-7-9(6,8-2)5-4-10-3-11-4/h3H2,1-2H3. The second kappa shape index (κ2) is 3.96. The van der Waals surface area contributed by atoms with Crippen LogP contribution in [0.5, 0.6) is 0 Å². The summed E-state index contributed by atoms with van der Waals surface area (Å²) in [5.74, 6) is 0. The zero-order valence-electron chi connectivity index (χ0n) is 6.14. The highest BCUT2D eigenvalue weighted by atomic mass is 32.3. The van der Waals surface area contributed by atoms with Gasteiger partial charge in [0.1, 0.15) is 4.38 Å². The Morgan fingerprint density at radius 2 is 2.00 bits per heavy atom. The van der Waals surface area contributed by atoms with Crippen LogP contribution in [-0.4, -0.2) is 23.7 Å². The Kier molecular flexibility index (Phi) is 3.46. The normalized spacial score (nSPS) is 17.8. The molecule has 0 N–H and O–H groups in total. The van der Waals surface area contributed by atoms with Crippen molar-refractivity contribution in [1.82, 2.24) is 0 Å². The van der Waals surface area contributed by atoms with Crippen LogP contribution in [0.1, 0.15) is 0 Å². The van der Waals surface area contributed by atoms with E-state index in [-0.39, 0.29) is 0 Å². The fourth-order valence-corrected chi connectivity index (χ4v) is 2.89. The highest BCUT2D eigenvalue weighted by molar-refractivity contribution is 8.52. The fourth-order valence-electron chi connectivity index (χ4n) is 0.426. The van der Waals surface area contributed by atoms with Gasteiger partial charge in [-0.2, -0.15) is 4.76 Å². The van der Waals surface area contributed by atoms with Gasteiger partial charge < -0.3 is 0 Å². The van der Waals surface area contributed by atoms with E-state index in [0.717, 1.165) is 9.46 Å². The Morgan fingerprint density at radius 1 is 1.45 bits per heavy atom. The lowest BCUT2D eigenvalue weighted by Crippen LogP contribution is -1.99.